The lowest BCUT2D eigenvalue weighted by Gasteiger charge is -2.47. The number of rotatable bonds is 5. The summed E-state index contributed by atoms with van der Waals surface area (Å²) in [5, 5.41) is 7.06. The van der Waals surface area contributed by atoms with Gasteiger partial charge in [-0.2, -0.15) is 0 Å². The molecule has 3 atom stereocenters. The van der Waals surface area contributed by atoms with Crippen molar-refractivity contribution in [1.82, 2.24) is 20.4 Å². The molecule has 162 valence electrons. The lowest BCUT2D eigenvalue weighted by Crippen LogP contribution is -2.57. The van der Waals surface area contributed by atoms with Crippen LogP contribution in [0, 0.1) is 5.92 Å². The van der Waals surface area contributed by atoms with E-state index < -0.39 is 5.60 Å². The summed E-state index contributed by atoms with van der Waals surface area (Å²) >= 11 is 0. The highest BCUT2D eigenvalue weighted by atomic mass is 16.6. The average Bonchev–Trinajstić information content (AvgIpc) is 2.57. The molecule has 0 aromatic rings. The third-order valence-corrected chi connectivity index (χ3v) is 5.81. The fraction of sp³-hybridized carbons (Fsp3) is 0.905. The molecule has 0 saturated carbocycles. The smallest absolute Gasteiger partial charge is 0.410 e. The maximum atomic E-state index is 12.1. The number of carbonyl (C=O) groups is 1. The molecule has 3 unspecified atom stereocenters. The second-order valence-corrected chi connectivity index (χ2v) is 9.64. The van der Waals surface area contributed by atoms with Gasteiger partial charge in [0.25, 0.3) is 0 Å². The predicted molar refractivity (Wildman–Crippen MR) is 115 cm³/mol. The van der Waals surface area contributed by atoms with Gasteiger partial charge in [0.2, 0.25) is 0 Å². The Kier molecular flexibility index (Phi) is 7.98. The maximum absolute atomic E-state index is 12.1. The van der Waals surface area contributed by atoms with Crippen LogP contribution in [0.5, 0.6) is 0 Å². The fourth-order valence-electron chi connectivity index (χ4n) is 4.34. The quantitative estimate of drug-likeness (QED) is 0.553. The summed E-state index contributed by atoms with van der Waals surface area (Å²) in [5.74, 6) is 1.15. The summed E-state index contributed by atoms with van der Waals surface area (Å²) in [6.45, 7) is 9.17. The van der Waals surface area contributed by atoms with Crippen molar-refractivity contribution < 1.29 is 9.53 Å². The average molecular weight is 396 g/mol. The Balaban J connectivity index is 1.75. The maximum Gasteiger partial charge on any atom is 0.410 e. The summed E-state index contributed by atoms with van der Waals surface area (Å²) in [5.41, 5.74) is -0.467. The van der Waals surface area contributed by atoms with Gasteiger partial charge in [-0.1, -0.05) is 13.3 Å². The van der Waals surface area contributed by atoms with Crippen molar-refractivity contribution in [3.8, 4) is 0 Å². The fourth-order valence-corrected chi connectivity index (χ4v) is 4.34. The molecule has 28 heavy (non-hydrogen) atoms. The minimum atomic E-state index is -0.467. The van der Waals surface area contributed by atoms with Crippen molar-refractivity contribution in [3.63, 3.8) is 0 Å². The van der Waals surface area contributed by atoms with Gasteiger partial charge in [-0.05, 0) is 59.4 Å². The van der Waals surface area contributed by atoms with E-state index in [9.17, 15) is 4.79 Å². The van der Waals surface area contributed by atoms with E-state index in [2.05, 4.69) is 34.5 Å². The number of hydrogen-bond donors (Lipinski definition) is 2. The van der Waals surface area contributed by atoms with Crippen LogP contribution in [0.25, 0.3) is 0 Å². The van der Waals surface area contributed by atoms with Gasteiger partial charge in [-0.15, -0.1) is 0 Å². The Hall–Kier alpha value is -1.50. The second kappa shape index (κ2) is 9.81. The molecule has 2 aliphatic heterocycles. The first-order valence-corrected chi connectivity index (χ1v) is 10.7. The van der Waals surface area contributed by atoms with Crippen molar-refractivity contribution in [2.45, 2.75) is 83.5 Å². The van der Waals surface area contributed by atoms with E-state index in [-0.39, 0.29) is 12.0 Å². The van der Waals surface area contributed by atoms with E-state index in [1.165, 1.54) is 32.1 Å². The Labute approximate surface area is 171 Å². The molecule has 2 saturated heterocycles. The third kappa shape index (κ3) is 6.83. The SMILES string of the molecule is CN=C(NCC(C)CN(C)C(=O)OC(C)(C)C)NC1CC2CCCC(C1)N2C. The first kappa shape index (κ1) is 22.8. The number of amides is 1. The molecule has 0 aromatic carbocycles. The van der Waals surface area contributed by atoms with Crippen molar-refractivity contribution in [2.24, 2.45) is 10.9 Å². The number of piperidine rings is 2. The molecule has 2 bridgehead atoms. The molecule has 1 amide bonds. The minimum Gasteiger partial charge on any atom is -0.444 e. The third-order valence-electron chi connectivity index (χ3n) is 5.81. The molecule has 2 rings (SSSR count). The number of nitrogens with one attached hydrogen (secondary N) is 2. The zero-order valence-electron chi connectivity index (χ0n) is 18.9. The van der Waals surface area contributed by atoms with Crippen LogP contribution >= 0.6 is 0 Å². The molecule has 0 radical (unpaired) electrons. The van der Waals surface area contributed by atoms with Gasteiger partial charge in [0.05, 0.1) is 0 Å². The monoisotopic (exact) mass is 395 g/mol. The molecule has 0 aromatic heterocycles. The topological polar surface area (TPSA) is 69.2 Å². The number of hydrogen-bond acceptors (Lipinski definition) is 4. The van der Waals surface area contributed by atoms with Crippen molar-refractivity contribution in [3.05, 3.63) is 0 Å². The van der Waals surface area contributed by atoms with Crippen LogP contribution in [-0.4, -0.2) is 79.8 Å². The standard InChI is InChI=1S/C21H41N5O2/c1-15(14-25(6)20(27)28-21(2,3)4)13-23-19(22-5)24-16-11-17-9-8-10-18(12-16)26(17)7/h15-18H,8-14H2,1-7H3,(H2,22,23,24). The molecular weight excluding hydrogens is 354 g/mol. The molecule has 0 aliphatic carbocycles. The largest absolute Gasteiger partial charge is 0.444 e. The highest BCUT2D eigenvalue weighted by Crippen LogP contribution is 2.32. The Morgan fingerprint density at radius 1 is 1.29 bits per heavy atom. The van der Waals surface area contributed by atoms with Crippen molar-refractivity contribution in [1.29, 1.82) is 0 Å². The summed E-state index contributed by atoms with van der Waals surface area (Å²) in [6, 6.07) is 1.88. The zero-order chi connectivity index (χ0) is 20.9. The van der Waals surface area contributed by atoms with E-state index in [1.54, 1.807) is 11.9 Å². The number of guanidine groups is 1. The van der Waals surface area contributed by atoms with Gasteiger partial charge in [0.15, 0.2) is 5.96 Å². The number of aliphatic imine (C=N–C) groups is 1. The van der Waals surface area contributed by atoms with E-state index in [0.717, 1.165) is 12.5 Å². The van der Waals surface area contributed by atoms with E-state index >= 15 is 0 Å². The summed E-state index contributed by atoms with van der Waals surface area (Å²) in [7, 11) is 5.89. The van der Waals surface area contributed by atoms with E-state index in [0.29, 0.717) is 24.7 Å². The highest BCUT2D eigenvalue weighted by molar-refractivity contribution is 5.80. The van der Waals surface area contributed by atoms with Gasteiger partial charge in [-0.25, -0.2) is 4.79 Å². The van der Waals surface area contributed by atoms with Gasteiger partial charge in [0.1, 0.15) is 5.60 Å². The molecule has 2 fully saturated rings. The first-order chi connectivity index (χ1) is 13.1. The summed E-state index contributed by atoms with van der Waals surface area (Å²) in [4.78, 5) is 20.7. The van der Waals surface area contributed by atoms with Gasteiger partial charge in [0, 0.05) is 45.3 Å². The molecule has 0 spiro atoms. The molecule has 2 aliphatic rings. The normalized spacial score (nSPS) is 27.1. The minimum absolute atomic E-state index is 0.278. The van der Waals surface area contributed by atoms with Gasteiger partial charge in [-0.3, -0.25) is 4.99 Å². The number of fused-ring (bicyclic) bond motifs is 2. The van der Waals surface area contributed by atoms with Crippen LogP contribution in [0.4, 0.5) is 4.79 Å². The molecule has 2 heterocycles. The Bertz CT molecular complexity index is 531. The molecule has 7 heteroatoms. The first-order valence-electron chi connectivity index (χ1n) is 10.7. The van der Waals surface area contributed by atoms with Crippen LogP contribution in [0.2, 0.25) is 0 Å². The van der Waals surface area contributed by atoms with Crippen LogP contribution in [0.15, 0.2) is 4.99 Å². The number of carbonyl (C=O) groups excluding carboxylic acids is 1. The van der Waals surface area contributed by atoms with Crippen LogP contribution in [0.1, 0.15) is 59.8 Å². The highest BCUT2D eigenvalue weighted by Gasteiger charge is 2.36. The molecule has 7 nitrogen and oxygen atoms in total. The second-order valence-electron chi connectivity index (χ2n) is 9.64. The van der Waals surface area contributed by atoms with Gasteiger partial charge >= 0.3 is 6.09 Å². The molecule has 2 N–H and O–H groups in total. The van der Waals surface area contributed by atoms with Crippen molar-refractivity contribution >= 4 is 12.1 Å². The van der Waals surface area contributed by atoms with Crippen molar-refractivity contribution in [2.75, 3.05) is 34.2 Å². The molecular formula is C21H41N5O2. The van der Waals surface area contributed by atoms with Crippen LogP contribution < -0.4 is 10.6 Å². The predicted octanol–water partition coefficient (Wildman–Crippen LogP) is 2.67. The van der Waals surface area contributed by atoms with E-state index in [4.69, 9.17) is 4.74 Å². The number of nitrogens with zero attached hydrogens (tertiary/aromatic N) is 3. The van der Waals surface area contributed by atoms with Gasteiger partial charge < -0.3 is 25.2 Å². The van der Waals surface area contributed by atoms with Crippen LogP contribution in [-0.2, 0) is 4.74 Å². The van der Waals surface area contributed by atoms with E-state index in [1.807, 2.05) is 27.8 Å². The Morgan fingerprint density at radius 3 is 2.43 bits per heavy atom. The summed E-state index contributed by atoms with van der Waals surface area (Å²) < 4.78 is 5.42. The lowest BCUT2D eigenvalue weighted by atomic mass is 9.82. The lowest BCUT2D eigenvalue weighted by molar-refractivity contribution is 0.0278. The Morgan fingerprint density at radius 2 is 1.89 bits per heavy atom. The number of ether oxygens (including phenoxy) is 1. The summed E-state index contributed by atoms with van der Waals surface area (Å²) in [6.07, 6.45) is 6.08. The zero-order valence-corrected chi connectivity index (χ0v) is 18.9. The van der Waals surface area contributed by atoms with Crippen LogP contribution in [0.3, 0.4) is 0 Å².